The highest BCUT2D eigenvalue weighted by atomic mass is 35.5. The molecular weight excluding hydrogens is 353 g/mol. The van der Waals surface area contributed by atoms with Crippen LogP contribution in [0.5, 0.6) is 5.75 Å². The first-order valence-corrected chi connectivity index (χ1v) is 8.33. The lowest BCUT2D eigenvalue weighted by atomic mass is 10.1. The number of hydrogen-bond donors (Lipinski definition) is 1. The number of halogens is 4. The summed E-state index contributed by atoms with van der Waals surface area (Å²) in [6.45, 7) is 3.21. The van der Waals surface area contributed by atoms with Gasteiger partial charge in [-0.25, -0.2) is 0 Å². The molecule has 2 aromatic rings. The van der Waals surface area contributed by atoms with Crippen molar-refractivity contribution in [3.8, 4) is 5.75 Å². The average Bonchev–Trinajstić information content (AvgIpc) is 2.58. The number of piperazine rings is 1. The van der Waals surface area contributed by atoms with Crippen LogP contribution in [-0.4, -0.2) is 36.2 Å². The summed E-state index contributed by atoms with van der Waals surface area (Å²) in [7, 11) is 0. The molecule has 2 aromatic carbocycles. The Labute approximate surface area is 149 Å². The van der Waals surface area contributed by atoms with E-state index in [9.17, 15) is 18.3 Å². The van der Waals surface area contributed by atoms with Gasteiger partial charge in [0.25, 0.3) is 0 Å². The number of aromatic hydroxyl groups is 1. The second-order valence-corrected chi connectivity index (χ2v) is 6.52. The Hall–Kier alpha value is -1.92. The molecule has 1 heterocycles. The maximum absolute atomic E-state index is 12.8. The van der Waals surface area contributed by atoms with Crippen molar-refractivity contribution in [1.82, 2.24) is 4.90 Å². The maximum atomic E-state index is 12.8. The number of rotatable bonds is 3. The van der Waals surface area contributed by atoms with Gasteiger partial charge in [0, 0.05) is 49.0 Å². The van der Waals surface area contributed by atoms with Gasteiger partial charge in [-0.05, 0) is 36.4 Å². The first-order chi connectivity index (χ1) is 11.8. The third kappa shape index (κ3) is 4.38. The summed E-state index contributed by atoms with van der Waals surface area (Å²) in [6, 6.07) is 10.3. The minimum atomic E-state index is -4.33. The third-order valence-corrected chi connectivity index (χ3v) is 4.58. The van der Waals surface area contributed by atoms with Gasteiger partial charge in [0.2, 0.25) is 0 Å². The molecule has 0 bridgehead atoms. The van der Waals surface area contributed by atoms with Crippen LogP contribution < -0.4 is 4.90 Å². The molecule has 0 radical (unpaired) electrons. The van der Waals surface area contributed by atoms with E-state index in [1.165, 1.54) is 12.1 Å². The van der Waals surface area contributed by atoms with Crippen molar-refractivity contribution in [2.24, 2.45) is 0 Å². The van der Waals surface area contributed by atoms with Crippen molar-refractivity contribution in [2.75, 3.05) is 31.1 Å². The van der Waals surface area contributed by atoms with E-state index in [-0.39, 0.29) is 5.75 Å². The molecule has 134 valence electrons. The zero-order valence-electron chi connectivity index (χ0n) is 13.4. The summed E-state index contributed by atoms with van der Waals surface area (Å²) in [5, 5.41) is 10.5. The van der Waals surface area contributed by atoms with Crippen LogP contribution in [0.4, 0.5) is 18.9 Å². The zero-order chi connectivity index (χ0) is 18.0. The normalized spacial score (nSPS) is 16.2. The van der Waals surface area contributed by atoms with Crippen molar-refractivity contribution < 1.29 is 18.3 Å². The fraction of sp³-hybridized carbons (Fsp3) is 0.333. The Kier molecular flexibility index (Phi) is 5.11. The monoisotopic (exact) mass is 370 g/mol. The lowest BCUT2D eigenvalue weighted by Gasteiger charge is -2.36. The van der Waals surface area contributed by atoms with Crippen LogP contribution >= 0.6 is 11.6 Å². The second kappa shape index (κ2) is 7.14. The molecule has 0 atom stereocenters. The topological polar surface area (TPSA) is 26.7 Å². The molecule has 0 aromatic heterocycles. The predicted molar refractivity (Wildman–Crippen MR) is 92.1 cm³/mol. The summed E-state index contributed by atoms with van der Waals surface area (Å²) in [4.78, 5) is 4.10. The quantitative estimate of drug-likeness (QED) is 0.868. The Morgan fingerprint density at radius 3 is 2.40 bits per heavy atom. The predicted octanol–water partition coefficient (Wildman–Crippen LogP) is 4.39. The number of benzene rings is 2. The van der Waals surface area contributed by atoms with Crippen LogP contribution in [0.2, 0.25) is 5.02 Å². The zero-order valence-corrected chi connectivity index (χ0v) is 14.2. The van der Waals surface area contributed by atoms with E-state index in [0.29, 0.717) is 43.4 Å². The average molecular weight is 371 g/mol. The number of phenols is 1. The highest BCUT2D eigenvalue weighted by Gasteiger charge is 2.31. The molecule has 1 fully saturated rings. The van der Waals surface area contributed by atoms with Gasteiger partial charge < -0.3 is 10.0 Å². The van der Waals surface area contributed by atoms with E-state index in [0.717, 1.165) is 11.6 Å². The molecular formula is C18H18ClF3N2O. The fourth-order valence-electron chi connectivity index (χ4n) is 2.96. The number of nitrogens with zero attached hydrogens (tertiary/aromatic N) is 2. The van der Waals surface area contributed by atoms with Crippen molar-refractivity contribution in [3.05, 3.63) is 58.6 Å². The Morgan fingerprint density at radius 2 is 1.72 bits per heavy atom. The van der Waals surface area contributed by atoms with Crippen LogP contribution in [0.3, 0.4) is 0 Å². The van der Waals surface area contributed by atoms with Gasteiger partial charge in [-0.2, -0.15) is 13.2 Å². The molecule has 1 saturated heterocycles. The molecule has 0 amide bonds. The summed E-state index contributed by atoms with van der Waals surface area (Å²) in [5.41, 5.74) is 0.705. The van der Waals surface area contributed by atoms with E-state index in [2.05, 4.69) is 4.90 Å². The van der Waals surface area contributed by atoms with Gasteiger partial charge in [-0.15, -0.1) is 0 Å². The van der Waals surface area contributed by atoms with Crippen LogP contribution in [0.15, 0.2) is 42.5 Å². The smallest absolute Gasteiger partial charge is 0.416 e. The largest absolute Gasteiger partial charge is 0.508 e. The van der Waals surface area contributed by atoms with Crippen molar-refractivity contribution >= 4 is 17.3 Å². The summed E-state index contributed by atoms with van der Waals surface area (Å²) in [5.74, 6) is 0.199. The van der Waals surface area contributed by atoms with Crippen LogP contribution in [0.25, 0.3) is 0 Å². The Morgan fingerprint density at radius 1 is 1.00 bits per heavy atom. The van der Waals surface area contributed by atoms with Gasteiger partial charge >= 0.3 is 6.18 Å². The van der Waals surface area contributed by atoms with Crippen molar-refractivity contribution in [3.63, 3.8) is 0 Å². The minimum Gasteiger partial charge on any atom is -0.508 e. The van der Waals surface area contributed by atoms with Gasteiger partial charge in [0.15, 0.2) is 0 Å². The first-order valence-electron chi connectivity index (χ1n) is 7.95. The molecule has 1 N–H and O–H groups in total. The van der Waals surface area contributed by atoms with E-state index in [1.54, 1.807) is 24.3 Å². The molecule has 0 aliphatic carbocycles. The van der Waals surface area contributed by atoms with E-state index < -0.39 is 11.7 Å². The van der Waals surface area contributed by atoms with Crippen molar-refractivity contribution in [2.45, 2.75) is 12.7 Å². The standard InChI is InChI=1S/C18H18ClF3N2O/c19-15-4-5-17(25)13(10-15)12-23-6-8-24(9-7-23)16-3-1-2-14(11-16)18(20,21)22/h1-5,10-11,25H,6-9,12H2. The molecule has 25 heavy (non-hydrogen) atoms. The Bertz CT molecular complexity index is 743. The summed E-state index contributed by atoms with van der Waals surface area (Å²) >= 11 is 5.96. The molecule has 0 saturated carbocycles. The fourth-order valence-corrected chi connectivity index (χ4v) is 3.16. The number of hydrogen-bond acceptors (Lipinski definition) is 3. The molecule has 7 heteroatoms. The molecule has 0 spiro atoms. The number of anilines is 1. The van der Waals surface area contributed by atoms with E-state index in [1.807, 2.05) is 4.90 Å². The first kappa shape index (κ1) is 17.9. The van der Waals surface area contributed by atoms with Crippen LogP contribution in [-0.2, 0) is 12.7 Å². The maximum Gasteiger partial charge on any atom is 0.416 e. The second-order valence-electron chi connectivity index (χ2n) is 6.08. The molecule has 0 unspecified atom stereocenters. The van der Waals surface area contributed by atoms with Gasteiger partial charge in [-0.3, -0.25) is 4.90 Å². The van der Waals surface area contributed by atoms with E-state index >= 15 is 0 Å². The molecule has 1 aliphatic heterocycles. The Balaban J connectivity index is 1.63. The van der Waals surface area contributed by atoms with Crippen molar-refractivity contribution in [1.29, 1.82) is 0 Å². The SMILES string of the molecule is Oc1ccc(Cl)cc1CN1CCN(c2cccc(C(F)(F)F)c2)CC1. The highest BCUT2D eigenvalue weighted by Crippen LogP contribution is 2.32. The van der Waals surface area contributed by atoms with Crippen LogP contribution in [0.1, 0.15) is 11.1 Å². The third-order valence-electron chi connectivity index (χ3n) is 4.35. The molecule has 3 rings (SSSR count). The van der Waals surface area contributed by atoms with Gasteiger partial charge in [-0.1, -0.05) is 17.7 Å². The number of alkyl halides is 3. The molecule has 1 aliphatic rings. The molecule has 3 nitrogen and oxygen atoms in total. The van der Waals surface area contributed by atoms with Gasteiger partial charge in [0.05, 0.1) is 5.56 Å². The number of phenolic OH excluding ortho intramolecular Hbond substituents is 1. The minimum absolute atomic E-state index is 0.199. The lowest BCUT2D eigenvalue weighted by Crippen LogP contribution is -2.46. The lowest BCUT2D eigenvalue weighted by molar-refractivity contribution is -0.137. The van der Waals surface area contributed by atoms with Crippen LogP contribution in [0, 0.1) is 0 Å². The summed E-state index contributed by atoms with van der Waals surface area (Å²) < 4.78 is 38.5. The highest BCUT2D eigenvalue weighted by molar-refractivity contribution is 6.30. The summed E-state index contributed by atoms with van der Waals surface area (Å²) in [6.07, 6.45) is -4.33. The van der Waals surface area contributed by atoms with E-state index in [4.69, 9.17) is 11.6 Å². The van der Waals surface area contributed by atoms with Gasteiger partial charge in [0.1, 0.15) is 5.75 Å².